The molecule has 0 N–H and O–H groups in total. The van der Waals surface area contributed by atoms with Gasteiger partial charge >= 0.3 is 5.97 Å². The Morgan fingerprint density at radius 3 is 2.27 bits per heavy atom. The van der Waals surface area contributed by atoms with Crippen LogP contribution in [0.5, 0.6) is 23.0 Å². The summed E-state index contributed by atoms with van der Waals surface area (Å²) in [4.78, 5) is 17.0. The van der Waals surface area contributed by atoms with Gasteiger partial charge in [0.2, 0.25) is 10.0 Å². The standard InChI is InChI=1S/C29H29N3O7S/c1-36-22-3-5-23(6-4-22)39-24-7-10-26(11-8-24)40(34,35)32-15-13-21-19-25(38-18-17-31-16-14-30-20-31)9-12-27(21)28(32)29(33)37-2/h3-12,14,16,19-20,28H,13,15,17-18H2,1-2H3. The zero-order chi connectivity index (χ0) is 28.1. The minimum Gasteiger partial charge on any atom is -0.497 e. The normalized spacial score (nSPS) is 15.2. The van der Waals surface area contributed by atoms with Gasteiger partial charge in [0.25, 0.3) is 0 Å². The zero-order valence-corrected chi connectivity index (χ0v) is 22.9. The van der Waals surface area contributed by atoms with E-state index < -0.39 is 22.0 Å². The maximum absolute atomic E-state index is 13.7. The Balaban J connectivity index is 1.33. The molecule has 0 aliphatic carbocycles. The van der Waals surface area contributed by atoms with Crippen molar-refractivity contribution in [1.82, 2.24) is 13.9 Å². The fraction of sp³-hybridized carbons (Fsp3) is 0.241. The second-order valence-electron chi connectivity index (χ2n) is 9.05. The second-order valence-corrected chi connectivity index (χ2v) is 10.9. The summed E-state index contributed by atoms with van der Waals surface area (Å²) in [5, 5.41) is 0. The van der Waals surface area contributed by atoms with Gasteiger partial charge in [-0.25, -0.2) is 18.2 Å². The molecule has 208 valence electrons. The highest BCUT2D eigenvalue weighted by atomic mass is 32.2. The molecule has 0 bridgehead atoms. The van der Waals surface area contributed by atoms with Crippen LogP contribution in [0.4, 0.5) is 0 Å². The van der Waals surface area contributed by atoms with Gasteiger partial charge in [-0.3, -0.25) is 0 Å². The van der Waals surface area contributed by atoms with E-state index in [1.165, 1.54) is 23.5 Å². The van der Waals surface area contributed by atoms with E-state index in [1.807, 2.05) is 16.8 Å². The Bertz CT molecular complexity index is 1550. The minimum absolute atomic E-state index is 0.0476. The molecule has 0 spiro atoms. The van der Waals surface area contributed by atoms with Crippen LogP contribution < -0.4 is 14.2 Å². The van der Waals surface area contributed by atoms with E-state index in [2.05, 4.69) is 4.98 Å². The number of aromatic nitrogens is 2. The van der Waals surface area contributed by atoms with Crippen molar-refractivity contribution in [3.05, 3.63) is 96.6 Å². The van der Waals surface area contributed by atoms with E-state index in [1.54, 1.807) is 68.2 Å². The van der Waals surface area contributed by atoms with Crippen LogP contribution in [-0.2, 0) is 32.5 Å². The van der Waals surface area contributed by atoms with Crippen molar-refractivity contribution in [3.8, 4) is 23.0 Å². The predicted molar refractivity (Wildman–Crippen MR) is 146 cm³/mol. The number of esters is 1. The summed E-state index contributed by atoms with van der Waals surface area (Å²) < 4.78 is 52.4. The molecule has 0 amide bonds. The first-order valence-corrected chi connectivity index (χ1v) is 14.1. The van der Waals surface area contributed by atoms with Gasteiger partial charge in [0, 0.05) is 18.9 Å². The number of fused-ring (bicyclic) bond motifs is 1. The van der Waals surface area contributed by atoms with Gasteiger partial charge in [-0.2, -0.15) is 4.31 Å². The Labute approximate surface area is 232 Å². The SMILES string of the molecule is COC(=O)C1c2ccc(OCCn3ccnc3)cc2CCN1S(=O)(=O)c1ccc(Oc2ccc(OC)cc2)cc1. The van der Waals surface area contributed by atoms with E-state index in [4.69, 9.17) is 18.9 Å². The van der Waals surface area contributed by atoms with E-state index in [0.29, 0.717) is 48.1 Å². The molecule has 1 unspecified atom stereocenters. The van der Waals surface area contributed by atoms with Gasteiger partial charge in [-0.15, -0.1) is 0 Å². The molecule has 1 atom stereocenters. The maximum Gasteiger partial charge on any atom is 0.328 e. The number of nitrogens with zero attached hydrogens (tertiary/aromatic N) is 3. The lowest BCUT2D eigenvalue weighted by atomic mass is 9.94. The van der Waals surface area contributed by atoms with E-state index in [0.717, 1.165) is 5.56 Å². The molecule has 2 heterocycles. The molecule has 11 heteroatoms. The number of benzene rings is 3. The highest BCUT2D eigenvalue weighted by Gasteiger charge is 2.41. The average Bonchev–Trinajstić information content (AvgIpc) is 3.50. The van der Waals surface area contributed by atoms with Crippen LogP contribution in [0.3, 0.4) is 0 Å². The number of imidazole rings is 1. The molecular weight excluding hydrogens is 534 g/mol. The quantitative estimate of drug-likeness (QED) is 0.264. The minimum atomic E-state index is -4.04. The maximum atomic E-state index is 13.7. The van der Waals surface area contributed by atoms with Gasteiger partial charge < -0.3 is 23.5 Å². The number of carbonyl (C=O) groups is 1. The average molecular weight is 564 g/mol. The van der Waals surface area contributed by atoms with Gasteiger partial charge in [-0.1, -0.05) is 6.07 Å². The molecule has 1 aliphatic heterocycles. The number of methoxy groups -OCH3 is 2. The highest BCUT2D eigenvalue weighted by Crippen LogP contribution is 2.37. The van der Waals surface area contributed by atoms with E-state index >= 15 is 0 Å². The first-order chi connectivity index (χ1) is 19.4. The van der Waals surface area contributed by atoms with E-state index in [9.17, 15) is 13.2 Å². The number of carbonyl (C=O) groups excluding carboxylic acids is 1. The van der Waals surface area contributed by atoms with Crippen LogP contribution in [0.25, 0.3) is 0 Å². The van der Waals surface area contributed by atoms with Gasteiger partial charge in [-0.05, 0) is 78.2 Å². The van der Waals surface area contributed by atoms with Crippen LogP contribution in [0, 0.1) is 0 Å². The predicted octanol–water partition coefficient (Wildman–Crippen LogP) is 4.22. The first kappa shape index (κ1) is 27.2. The van der Waals surface area contributed by atoms with Crippen molar-refractivity contribution < 1.29 is 32.2 Å². The van der Waals surface area contributed by atoms with Crippen molar-refractivity contribution in [2.24, 2.45) is 0 Å². The zero-order valence-electron chi connectivity index (χ0n) is 22.1. The fourth-order valence-corrected chi connectivity index (χ4v) is 6.13. The summed E-state index contributed by atoms with van der Waals surface area (Å²) in [5.41, 5.74) is 1.41. The first-order valence-electron chi connectivity index (χ1n) is 12.6. The van der Waals surface area contributed by atoms with E-state index in [-0.39, 0.29) is 11.4 Å². The van der Waals surface area contributed by atoms with Gasteiger partial charge in [0.15, 0.2) is 0 Å². The Kier molecular flexibility index (Phi) is 8.04. The largest absolute Gasteiger partial charge is 0.497 e. The Morgan fingerprint density at radius 1 is 0.950 bits per heavy atom. The van der Waals surface area contributed by atoms with Crippen molar-refractivity contribution in [2.45, 2.75) is 23.9 Å². The third kappa shape index (κ3) is 5.80. The molecule has 0 radical (unpaired) electrons. The van der Waals surface area contributed by atoms with Crippen molar-refractivity contribution in [1.29, 1.82) is 0 Å². The van der Waals surface area contributed by atoms with Gasteiger partial charge in [0.05, 0.1) is 32.0 Å². The summed E-state index contributed by atoms with van der Waals surface area (Å²) in [6, 6.07) is 17.4. The highest BCUT2D eigenvalue weighted by molar-refractivity contribution is 7.89. The van der Waals surface area contributed by atoms with Crippen LogP contribution >= 0.6 is 0 Å². The Hall–Kier alpha value is -4.35. The van der Waals surface area contributed by atoms with Crippen LogP contribution in [0.2, 0.25) is 0 Å². The molecule has 1 aliphatic rings. The topological polar surface area (TPSA) is 109 Å². The molecule has 10 nitrogen and oxygen atoms in total. The van der Waals surface area contributed by atoms with Crippen molar-refractivity contribution >= 4 is 16.0 Å². The van der Waals surface area contributed by atoms with Crippen molar-refractivity contribution in [3.63, 3.8) is 0 Å². The smallest absolute Gasteiger partial charge is 0.328 e. The third-order valence-electron chi connectivity index (χ3n) is 6.63. The monoisotopic (exact) mass is 563 g/mol. The van der Waals surface area contributed by atoms with Crippen LogP contribution in [0.15, 0.2) is 90.3 Å². The third-order valence-corrected chi connectivity index (χ3v) is 8.50. The molecule has 0 saturated heterocycles. The molecule has 4 aromatic rings. The van der Waals surface area contributed by atoms with Crippen LogP contribution in [0.1, 0.15) is 17.2 Å². The number of rotatable bonds is 10. The molecular formula is C29H29N3O7S. The Morgan fingerprint density at radius 2 is 1.62 bits per heavy atom. The molecule has 40 heavy (non-hydrogen) atoms. The van der Waals surface area contributed by atoms with Crippen LogP contribution in [-0.4, -0.2) is 55.6 Å². The summed E-state index contributed by atoms with van der Waals surface area (Å²) in [5.74, 6) is 1.74. The lowest BCUT2D eigenvalue weighted by molar-refractivity contribution is -0.145. The fourth-order valence-electron chi connectivity index (χ4n) is 4.57. The second kappa shape index (κ2) is 11.8. The number of hydrogen-bond donors (Lipinski definition) is 0. The summed E-state index contributed by atoms with van der Waals surface area (Å²) in [7, 11) is -1.20. The summed E-state index contributed by atoms with van der Waals surface area (Å²) >= 11 is 0. The molecule has 0 fully saturated rings. The lowest BCUT2D eigenvalue weighted by Gasteiger charge is -2.34. The molecule has 0 saturated carbocycles. The summed E-state index contributed by atoms with van der Waals surface area (Å²) in [6.45, 7) is 1.18. The molecule has 3 aromatic carbocycles. The van der Waals surface area contributed by atoms with Crippen molar-refractivity contribution in [2.75, 3.05) is 27.4 Å². The summed E-state index contributed by atoms with van der Waals surface area (Å²) in [6.07, 6.45) is 5.69. The molecule has 5 rings (SSSR count). The lowest BCUT2D eigenvalue weighted by Crippen LogP contribution is -2.43. The number of ether oxygens (including phenoxy) is 4. The van der Waals surface area contributed by atoms with Gasteiger partial charge in [0.1, 0.15) is 35.6 Å². The number of sulfonamides is 1. The number of hydrogen-bond acceptors (Lipinski definition) is 8. The molecule has 1 aromatic heterocycles.